The average molecular weight is 201 g/mol. The molecule has 1 atom stereocenters. The minimum Gasteiger partial charge on any atom is -0.338 e. The zero-order valence-corrected chi connectivity index (χ0v) is 8.97. The number of hydrogen-bond donors (Lipinski definition) is 1. The lowest BCUT2D eigenvalue weighted by Gasteiger charge is -2.09. The molecule has 0 aliphatic rings. The average Bonchev–Trinajstić information content (AvgIpc) is 2.52. The second-order valence-corrected chi connectivity index (χ2v) is 4.12. The second-order valence-electron chi connectivity index (χ2n) is 3.25. The lowest BCUT2D eigenvalue weighted by atomic mass is 10.1. The van der Waals surface area contributed by atoms with E-state index in [4.69, 9.17) is 10.3 Å². The molecule has 1 heterocycles. The van der Waals surface area contributed by atoms with E-state index < -0.39 is 0 Å². The Bertz CT molecular complexity index is 262. The standard InChI is InChI=1S/C8H15N3OS/c1-5(2)7(9)8-10-6(4-13-3)12-11-8/h5,7H,4,9H2,1-3H3. The molecule has 0 aromatic carbocycles. The van der Waals surface area contributed by atoms with Gasteiger partial charge in [-0.25, -0.2) is 0 Å². The zero-order chi connectivity index (χ0) is 9.84. The molecule has 1 unspecified atom stereocenters. The molecule has 13 heavy (non-hydrogen) atoms. The number of nitrogens with zero attached hydrogens (tertiary/aromatic N) is 2. The minimum absolute atomic E-state index is 0.126. The van der Waals surface area contributed by atoms with Gasteiger partial charge in [0.15, 0.2) is 5.82 Å². The Hall–Kier alpha value is -0.550. The van der Waals surface area contributed by atoms with Crippen LogP contribution in [0.5, 0.6) is 0 Å². The monoisotopic (exact) mass is 201 g/mol. The first-order valence-corrected chi connectivity index (χ1v) is 5.61. The first-order valence-electron chi connectivity index (χ1n) is 4.22. The smallest absolute Gasteiger partial charge is 0.236 e. The third-order valence-electron chi connectivity index (χ3n) is 1.77. The molecule has 0 fully saturated rings. The number of nitrogens with two attached hydrogens (primary N) is 1. The summed E-state index contributed by atoms with van der Waals surface area (Å²) in [6.45, 7) is 4.07. The van der Waals surface area contributed by atoms with Gasteiger partial charge < -0.3 is 10.3 Å². The van der Waals surface area contributed by atoms with E-state index in [0.29, 0.717) is 17.6 Å². The quantitative estimate of drug-likeness (QED) is 0.801. The first-order chi connectivity index (χ1) is 6.15. The summed E-state index contributed by atoms with van der Waals surface area (Å²) in [4.78, 5) is 4.20. The van der Waals surface area contributed by atoms with Crippen molar-refractivity contribution in [2.45, 2.75) is 25.6 Å². The number of hydrogen-bond acceptors (Lipinski definition) is 5. The SMILES string of the molecule is CSCc1nc(C(N)C(C)C)no1. The van der Waals surface area contributed by atoms with Gasteiger partial charge in [0, 0.05) is 0 Å². The number of thioether (sulfide) groups is 1. The van der Waals surface area contributed by atoms with Crippen LogP contribution in [0.3, 0.4) is 0 Å². The van der Waals surface area contributed by atoms with E-state index in [9.17, 15) is 0 Å². The molecule has 0 aliphatic carbocycles. The summed E-state index contributed by atoms with van der Waals surface area (Å²) in [6.07, 6.45) is 1.99. The van der Waals surface area contributed by atoms with Gasteiger partial charge in [-0.15, -0.1) is 0 Å². The second kappa shape index (κ2) is 4.62. The van der Waals surface area contributed by atoms with E-state index in [2.05, 4.69) is 10.1 Å². The molecule has 0 saturated heterocycles. The lowest BCUT2D eigenvalue weighted by molar-refractivity contribution is 0.372. The highest BCUT2D eigenvalue weighted by atomic mass is 32.2. The molecule has 0 spiro atoms. The summed E-state index contributed by atoms with van der Waals surface area (Å²) < 4.78 is 5.01. The van der Waals surface area contributed by atoms with Crippen LogP contribution in [0.4, 0.5) is 0 Å². The Morgan fingerprint density at radius 1 is 1.54 bits per heavy atom. The molecule has 1 aromatic heterocycles. The zero-order valence-electron chi connectivity index (χ0n) is 8.15. The van der Waals surface area contributed by atoms with Gasteiger partial charge in [-0.3, -0.25) is 0 Å². The van der Waals surface area contributed by atoms with E-state index in [1.807, 2.05) is 20.1 Å². The van der Waals surface area contributed by atoms with Crippen molar-refractivity contribution < 1.29 is 4.52 Å². The molecule has 1 rings (SSSR count). The Morgan fingerprint density at radius 3 is 2.77 bits per heavy atom. The maximum atomic E-state index is 5.86. The van der Waals surface area contributed by atoms with Crippen LogP contribution < -0.4 is 5.73 Å². The fourth-order valence-corrected chi connectivity index (χ4v) is 1.25. The highest BCUT2D eigenvalue weighted by Gasteiger charge is 2.16. The molecule has 74 valence electrons. The fraction of sp³-hybridized carbons (Fsp3) is 0.750. The Balaban J connectivity index is 2.67. The van der Waals surface area contributed by atoms with Gasteiger partial charge in [0.2, 0.25) is 5.89 Å². The third kappa shape index (κ3) is 2.70. The highest BCUT2D eigenvalue weighted by molar-refractivity contribution is 7.97. The van der Waals surface area contributed by atoms with Gasteiger partial charge >= 0.3 is 0 Å². The van der Waals surface area contributed by atoms with Crippen molar-refractivity contribution in [2.24, 2.45) is 11.7 Å². The van der Waals surface area contributed by atoms with Crippen LogP contribution in [0.1, 0.15) is 31.6 Å². The van der Waals surface area contributed by atoms with Crippen molar-refractivity contribution in [3.05, 3.63) is 11.7 Å². The third-order valence-corrected chi connectivity index (χ3v) is 2.30. The van der Waals surface area contributed by atoms with Crippen molar-refractivity contribution in [3.8, 4) is 0 Å². The molecule has 4 nitrogen and oxygen atoms in total. The summed E-state index contributed by atoms with van der Waals surface area (Å²) in [5.41, 5.74) is 5.86. The van der Waals surface area contributed by atoms with Crippen molar-refractivity contribution in [1.82, 2.24) is 10.1 Å². The molecule has 0 aliphatic heterocycles. The topological polar surface area (TPSA) is 64.9 Å². The summed E-state index contributed by atoms with van der Waals surface area (Å²) in [5.74, 6) is 2.34. The van der Waals surface area contributed by atoms with Crippen LogP contribution >= 0.6 is 11.8 Å². The van der Waals surface area contributed by atoms with E-state index in [-0.39, 0.29) is 6.04 Å². The van der Waals surface area contributed by atoms with Gasteiger partial charge in [0.1, 0.15) is 0 Å². The van der Waals surface area contributed by atoms with Gasteiger partial charge in [0.25, 0.3) is 0 Å². The predicted octanol–water partition coefficient (Wildman–Crippen LogP) is 1.59. The molecule has 5 heteroatoms. The van der Waals surface area contributed by atoms with Crippen molar-refractivity contribution >= 4 is 11.8 Å². The van der Waals surface area contributed by atoms with Crippen LogP contribution in [-0.4, -0.2) is 16.4 Å². The van der Waals surface area contributed by atoms with Gasteiger partial charge in [-0.05, 0) is 12.2 Å². The molecular weight excluding hydrogens is 186 g/mol. The maximum Gasteiger partial charge on any atom is 0.236 e. The van der Waals surface area contributed by atoms with Crippen LogP contribution in [0.2, 0.25) is 0 Å². The minimum atomic E-state index is -0.126. The number of rotatable bonds is 4. The molecule has 0 saturated carbocycles. The lowest BCUT2D eigenvalue weighted by Crippen LogP contribution is -2.18. The van der Waals surface area contributed by atoms with E-state index >= 15 is 0 Å². The van der Waals surface area contributed by atoms with Gasteiger partial charge in [-0.1, -0.05) is 19.0 Å². The van der Waals surface area contributed by atoms with Crippen LogP contribution in [0.15, 0.2) is 4.52 Å². The summed E-state index contributed by atoms with van der Waals surface area (Å²) in [5, 5.41) is 3.83. The van der Waals surface area contributed by atoms with Gasteiger partial charge in [-0.2, -0.15) is 16.7 Å². The molecule has 0 radical (unpaired) electrons. The van der Waals surface area contributed by atoms with E-state index in [1.54, 1.807) is 11.8 Å². The van der Waals surface area contributed by atoms with E-state index in [0.717, 1.165) is 5.75 Å². The first kappa shape index (κ1) is 10.5. The normalized spacial score (nSPS) is 13.6. The highest BCUT2D eigenvalue weighted by Crippen LogP contribution is 2.16. The van der Waals surface area contributed by atoms with Crippen molar-refractivity contribution in [2.75, 3.05) is 6.26 Å². The molecular formula is C8H15N3OS. The Morgan fingerprint density at radius 2 is 2.23 bits per heavy atom. The predicted molar refractivity (Wildman–Crippen MR) is 53.3 cm³/mol. The summed E-state index contributed by atoms with van der Waals surface area (Å²) in [6, 6.07) is -0.126. The maximum absolute atomic E-state index is 5.86. The Labute approximate surface area is 82.3 Å². The van der Waals surface area contributed by atoms with Crippen LogP contribution in [0, 0.1) is 5.92 Å². The van der Waals surface area contributed by atoms with Crippen LogP contribution in [-0.2, 0) is 5.75 Å². The summed E-state index contributed by atoms with van der Waals surface area (Å²) in [7, 11) is 0. The molecule has 2 N–H and O–H groups in total. The molecule has 0 amide bonds. The largest absolute Gasteiger partial charge is 0.338 e. The molecule has 0 bridgehead atoms. The molecule has 1 aromatic rings. The Kier molecular flexibility index (Phi) is 3.74. The van der Waals surface area contributed by atoms with Gasteiger partial charge in [0.05, 0.1) is 11.8 Å². The van der Waals surface area contributed by atoms with Crippen molar-refractivity contribution in [3.63, 3.8) is 0 Å². The fourth-order valence-electron chi connectivity index (χ4n) is 0.884. The summed E-state index contributed by atoms with van der Waals surface area (Å²) >= 11 is 1.65. The van der Waals surface area contributed by atoms with E-state index in [1.165, 1.54) is 0 Å². The van der Waals surface area contributed by atoms with Crippen LogP contribution in [0.25, 0.3) is 0 Å². The number of aromatic nitrogens is 2. The van der Waals surface area contributed by atoms with Crippen molar-refractivity contribution in [1.29, 1.82) is 0 Å².